The third-order valence-corrected chi connectivity index (χ3v) is 4.49. The predicted molar refractivity (Wildman–Crippen MR) is 74.5 cm³/mol. The minimum atomic E-state index is -0.903. The van der Waals surface area contributed by atoms with Crippen molar-refractivity contribution >= 4 is 17.8 Å². The van der Waals surface area contributed by atoms with Crippen LogP contribution in [0.2, 0.25) is 0 Å². The van der Waals surface area contributed by atoms with E-state index in [4.69, 9.17) is 4.74 Å². The maximum absolute atomic E-state index is 12.7. The average molecular weight is 297 g/mol. The molecule has 1 N–H and O–H groups in total. The van der Waals surface area contributed by atoms with E-state index in [2.05, 4.69) is 0 Å². The Balaban J connectivity index is 2.10. The molecule has 0 radical (unpaired) electrons. The summed E-state index contributed by atoms with van der Waals surface area (Å²) in [7, 11) is 0. The lowest BCUT2D eigenvalue weighted by atomic mass is 9.78. The molecular formula is C15H23NO5. The second-order valence-electron chi connectivity index (χ2n) is 5.78. The minimum Gasteiger partial charge on any atom is -0.481 e. The maximum Gasteiger partial charge on any atom is 0.328 e. The Labute approximate surface area is 124 Å². The molecule has 2 aliphatic rings. The first-order chi connectivity index (χ1) is 10.1. The van der Waals surface area contributed by atoms with E-state index in [-0.39, 0.29) is 11.9 Å². The van der Waals surface area contributed by atoms with Crippen LogP contribution in [0.1, 0.15) is 45.4 Å². The molecule has 0 aromatic heterocycles. The molecule has 0 aromatic carbocycles. The topological polar surface area (TPSA) is 83.9 Å². The average Bonchev–Trinajstić information content (AvgIpc) is 2.96. The van der Waals surface area contributed by atoms with Crippen LogP contribution in [0.5, 0.6) is 0 Å². The van der Waals surface area contributed by atoms with Crippen LogP contribution >= 0.6 is 0 Å². The number of amides is 1. The van der Waals surface area contributed by atoms with Gasteiger partial charge in [0.1, 0.15) is 6.04 Å². The van der Waals surface area contributed by atoms with Gasteiger partial charge in [-0.25, -0.2) is 4.79 Å². The third-order valence-electron chi connectivity index (χ3n) is 4.49. The summed E-state index contributed by atoms with van der Waals surface area (Å²) in [5.74, 6) is -2.57. The number of aliphatic carboxylic acids is 1. The highest BCUT2D eigenvalue weighted by atomic mass is 16.5. The molecule has 118 valence electrons. The van der Waals surface area contributed by atoms with Gasteiger partial charge in [-0.15, -0.1) is 0 Å². The smallest absolute Gasteiger partial charge is 0.328 e. The van der Waals surface area contributed by atoms with Crippen molar-refractivity contribution in [3.63, 3.8) is 0 Å². The van der Waals surface area contributed by atoms with Crippen LogP contribution in [0, 0.1) is 11.8 Å². The number of ether oxygens (including phenoxy) is 1. The van der Waals surface area contributed by atoms with Crippen LogP contribution in [0.15, 0.2) is 0 Å². The van der Waals surface area contributed by atoms with Crippen molar-refractivity contribution in [2.45, 2.75) is 51.5 Å². The van der Waals surface area contributed by atoms with Crippen molar-refractivity contribution < 1.29 is 24.2 Å². The van der Waals surface area contributed by atoms with Gasteiger partial charge in [0, 0.05) is 6.54 Å². The number of esters is 1. The zero-order chi connectivity index (χ0) is 15.4. The molecule has 0 bridgehead atoms. The van der Waals surface area contributed by atoms with Gasteiger partial charge in [-0.05, 0) is 32.6 Å². The summed E-state index contributed by atoms with van der Waals surface area (Å²) in [6.07, 6.45) is 4.24. The Morgan fingerprint density at radius 3 is 2.38 bits per heavy atom. The van der Waals surface area contributed by atoms with Gasteiger partial charge in [-0.1, -0.05) is 12.8 Å². The highest BCUT2D eigenvalue weighted by molar-refractivity contribution is 5.89. The Morgan fingerprint density at radius 2 is 1.76 bits per heavy atom. The molecule has 2 rings (SSSR count). The monoisotopic (exact) mass is 297 g/mol. The van der Waals surface area contributed by atoms with Crippen molar-refractivity contribution in [3.8, 4) is 0 Å². The summed E-state index contributed by atoms with van der Waals surface area (Å²) in [6.45, 7) is 2.55. The molecule has 1 amide bonds. The summed E-state index contributed by atoms with van der Waals surface area (Å²) >= 11 is 0. The van der Waals surface area contributed by atoms with Crippen molar-refractivity contribution in [2.75, 3.05) is 13.2 Å². The number of carbonyl (C=O) groups excluding carboxylic acids is 2. The summed E-state index contributed by atoms with van der Waals surface area (Å²) in [6, 6.07) is -0.533. The van der Waals surface area contributed by atoms with E-state index in [9.17, 15) is 19.5 Å². The van der Waals surface area contributed by atoms with E-state index in [0.717, 1.165) is 19.3 Å². The number of carboxylic acids is 1. The lowest BCUT2D eigenvalue weighted by Crippen LogP contribution is -2.47. The number of likely N-dealkylation sites (tertiary alicyclic amines) is 1. The molecule has 1 aliphatic heterocycles. The van der Waals surface area contributed by atoms with Gasteiger partial charge >= 0.3 is 11.9 Å². The molecule has 1 unspecified atom stereocenters. The second-order valence-corrected chi connectivity index (χ2v) is 5.78. The van der Waals surface area contributed by atoms with Crippen LogP contribution in [0.25, 0.3) is 0 Å². The highest BCUT2D eigenvalue weighted by Crippen LogP contribution is 2.33. The molecule has 2 fully saturated rings. The van der Waals surface area contributed by atoms with Gasteiger partial charge in [0.2, 0.25) is 5.91 Å². The Morgan fingerprint density at radius 1 is 1.10 bits per heavy atom. The van der Waals surface area contributed by atoms with Gasteiger partial charge in [0.25, 0.3) is 0 Å². The normalized spacial score (nSPS) is 29.2. The minimum absolute atomic E-state index is 0.183. The highest BCUT2D eigenvalue weighted by Gasteiger charge is 2.43. The first kappa shape index (κ1) is 15.8. The van der Waals surface area contributed by atoms with Crippen LogP contribution in [0.4, 0.5) is 0 Å². The summed E-state index contributed by atoms with van der Waals surface area (Å²) in [4.78, 5) is 37.5. The number of rotatable bonds is 4. The van der Waals surface area contributed by atoms with Crippen molar-refractivity contribution in [1.29, 1.82) is 0 Å². The third kappa shape index (κ3) is 3.36. The Bertz CT molecular complexity index is 422. The van der Waals surface area contributed by atoms with Gasteiger partial charge in [0.15, 0.2) is 0 Å². The Kier molecular flexibility index (Phi) is 5.20. The SMILES string of the molecule is CCOC(=O)C1CCCN1C(=O)[C@@H]1CCCC[C@@H]1C(=O)O. The van der Waals surface area contributed by atoms with Crippen molar-refractivity contribution in [3.05, 3.63) is 0 Å². The number of carbonyl (C=O) groups is 3. The van der Waals surface area contributed by atoms with Gasteiger partial charge in [-0.2, -0.15) is 0 Å². The van der Waals surface area contributed by atoms with Crippen LogP contribution < -0.4 is 0 Å². The van der Waals surface area contributed by atoms with Gasteiger partial charge in [-0.3, -0.25) is 9.59 Å². The molecule has 0 aromatic rings. The van der Waals surface area contributed by atoms with Crippen molar-refractivity contribution in [2.24, 2.45) is 11.8 Å². The fourth-order valence-corrected chi connectivity index (χ4v) is 3.45. The molecule has 0 spiro atoms. The van der Waals surface area contributed by atoms with E-state index in [0.29, 0.717) is 32.4 Å². The standard InChI is InChI=1S/C15H23NO5/c1-2-21-15(20)12-8-5-9-16(12)13(17)10-6-3-4-7-11(10)14(18)19/h10-12H,2-9H2,1H3,(H,18,19)/t10-,11+,12?/m1/s1. The molecule has 1 heterocycles. The quantitative estimate of drug-likeness (QED) is 0.794. The molecule has 21 heavy (non-hydrogen) atoms. The second kappa shape index (κ2) is 6.91. The molecule has 3 atom stereocenters. The van der Waals surface area contributed by atoms with Gasteiger partial charge in [0.05, 0.1) is 18.4 Å². The van der Waals surface area contributed by atoms with E-state index in [1.807, 2.05) is 0 Å². The summed E-state index contributed by atoms with van der Waals surface area (Å²) in [5, 5.41) is 9.30. The van der Waals surface area contributed by atoms with Crippen LogP contribution in [-0.4, -0.2) is 47.0 Å². The fraction of sp³-hybridized carbons (Fsp3) is 0.800. The van der Waals surface area contributed by atoms with Crippen LogP contribution in [-0.2, 0) is 19.1 Å². The lowest BCUT2D eigenvalue weighted by molar-refractivity contribution is -0.158. The maximum atomic E-state index is 12.7. The zero-order valence-electron chi connectivity index (χ0n) is 12.4. The number of hydrogen-bond donors (Lipinski definition) is 1. The number of nitrogens with zero attached hydrogens (tertiary/aromatic N) is 1. The van der Waals surface area contributed by atoms with E-state index in [1.54, 1.807) is 11.8 Å². The molecule has 6 nitrogen and oxygen atoms in total. The molecular weight excluding hydrogens is 274 g/mol. The van der Waals surface area contributed by atoms with E-state index < -0.39 is 23.8 Å². The summed E-state index contributed by atoms with van der Waals surface area (Å²) < 4.78 is 5.02. The summed E-state index contributed by atoms with van der Waals surface area (Å²) in [5.41, 5.74) is 0. The Hall–Kier alpha value is -1.59. The molecule has 1 saturated heterocycles. The lowest BCUT2D eigenvalue weighted by Gasteiger charge is -2.33. The van der Waals surface area contributed by atoms with Crippen LogP contribution in [0.3, 0.4) is 0 Å². The first-order valence-electron chi connectivity index (χ1n) is 7.76. The van der Waals surface area contributed by atoms with E-state index >= 15 is 0 Å². The van der Waals surface area contributed by atoms with Gasteiger partial charge < -0.3 is 14.7 Å². The predicted octanol–water partition coefficient (Wildman–Crippen LogP) is 1.43. The fourth-order valence-electron chi connectivity index (χ4n) is 3.45. The van der Waals surface area contributed by atoms with E-state index in [1.165, 1.54) is 0 Å². The number of carboxylic acid groups (broad SMARTS) is 1. The zero-order valence-corrected chi connectivity index (χ0v) is 12.4. The largest absolute Gasteiger partial charge is 0.481 e. The molecule has 6 heteroatoms. The van der Waals surface area contributed by atoms with Crippen molar-refractivity contribution in [1.82, 2.24) is 4.90 Å². The molecule has 1 saturated carbocycles. The first-order valence-corrected chi connectivity index (χ1v) is 7.76. The number of hydrogen-bond acceptors (Lipinski definition) is 4. The molecule has 1 aliphatic carbocycles.